The minimum Gasteiger partial charge on any atom is -0.311 e. The topological polar surface area (TPSA) is 16.3 Å². The lowest BCUT2D eigenvalue weighted by molar-refractivity contribution is 0.414. The van der Waals surface area contributed by atoms with Crippen LogP contribution in [0.25, 0.3) is 122 Å². The molecule has 22 aromatic rings. The van der Waals surface area contributed by atoms with E-state index in [9.17, 15) is 0 Å². The molecule has 0 amide bonds. The number of fused-ring (bicyclic) bond motifs is 17. The number of rotatable bonds is 21. The lowest BCUT2D eigenvalue weighted by atomic mass is 9.65. The van der Waals surface area contributed by atoms with E-state index in [-0.39, 0.29) is 5.41 Å². The Balaban J connectivity index is 0.000000156. The summed E-state index contributed by atoms with van der Waals surface area (Å²) in [5.41, 5.74) is 58.2. The summed E-state index contributed by atoms with van der Waals surface area (Å²) in [5, 5.41) is 5.09. The Morgan fingerprint density at radius 3 is 0.946 bits per heavy atom. The number of benzene rings is 20. The molecular weight excluding hydrogens is 1770 g/mol. The highest BCUT2D eigenvalue weighted by Gasteiger charge is 2.50. The largest absolute Gasteiger partial charge is 0.311 e. The highest BCUT2D eigenvalue weighted by molar-refractivity contribution is 6.13. The van der Waals surface area contributed by atoms with Crippen molar-refractivity contribution in [3.8, 4) is 78.1 Å². The lowest BCUT2D eigenvalue weighted by Crippen LogP contribution is -2.30. The van der Waals surface area contributed by atoms with E-state index in [1.807, 2.05) is 0 Å². The van der Waals surface area contributed by atoms with Gasteiger partial charge in [0.1, 0.15) is 0 Å². The Kier molecular flexibility index (Phi) is 22.3. The van der Waals surface area contributed by atoms with Crippen molar-refractivity contribution < 1.29 is 0 Å². The predicted octanol–water partition coefficient (Wildman–Crippen LogP) is 37.5. The molecule has 712 valence electrons. The van der Waals surface area contributed by atoms with Crippen molar-refractivity contribution in [3.05, 3.63) is 547 Å². The van der Waals surface area contributed by atoms with Gasteiger partial charge in [-0.15, -0.1) is 0 Å². The molecule has 0 aliphatic heterocycles. The Morgan fingerprint density at radius 1 is 0.211 bits per heavy atom. The molecule has 2 heterocycles. The number of hydrogen-bond donors (Lipinski definition) is 0. The quantitative estimate of drug-likeness (QED) is 0.0713. The van der Waals surface area contributed by atoms with Crippen molar-refractivity contribution in [1.29, 1.82) is 0 Å². The fourth-order valence-corrected chi connectivity index (χ4v) is 25.9. The fraction of sp³-hybridized carbons (Fsp3) is 0.161. The molecule has 0 N–H and O–H groups in total. The van der Waals surface area contributed by atoms with Crippen molar-refractivity contribution in [3.63, 3.8) is 0 Å². The van der Waals surface area contributed by atoms with Gasteiger partial charge in [0.25, 0.3) is 0 Å². The van der Waals surface area contributed by atoms with Gasteiger partial charge in [-0.3, -0.25) is 0 Å². The molecule has 20 aromatic carbocycles. The van der Waals surface area contributed by atoms with Crippen LogP contribution >= 0.6 is 0 Å². The minimum absolute atomic E-state index is 0.0629. The van der Waals surface area contributed by atoms with E-state index < -0.39 is 10.8 Å². The van der Waals surface area contributed by atoms with Gasteiger partial charge in [0.05, 0.1) is 32.9 Å². The van der Waals surface area contributed by atoms with E-state index in [4.69, 9.17) is 0 Å². The summed E-state index contributed by atoms with van der Waals surface area (Å²) in [6.07, 6.45) is 11.9. The molecule has 5 aliphatic carbocycles. The van der Waals surface area contributed by atoms with Gasteiger partial charge in [-0.05, 0) is 396 Å². The van der Waals surface area contributed by atoms with Crippen LogP contribution in [0.5, 0.6) is 0 Å². The van der Waals surface area contributed by atoms with Crippen molar-refractivity contribution in [2.24, 2.45) is 0 Å². The summed E-state index contributed by atoms with van der Waals surface area (Å²) in [4.78, 5) is 4.75. The van der Waals surface area contributed by atoms with Gasteiger partial charge in [-0.1, -0.05) is 351 Å². The lowest BCUT2D eigenvalue weighted by Gasteiger charge is -2.37. The molecule has 147 heavy (non-hydrogen) atoms. The SMILES string of the molecule is CCCCC1(CCCC)c2cc(C)ccc2-c2ccc(-c3ccc4c(c3)c3cc(C)ccc3n4-c3ccc(-c4ccc(N(c5ccc(C)cc5)c5ccc(C)cc5)cc4)cc3)cc21.Cc1ccc(N(c2ccc(C)cc2)c2ccc3c(c2)C(c2ccccc2)(c2ccccc2)c2cc(-n4c5ccc(C)cc5c5cc(-c6ccc7c(c6)C(c6ccc8c(c6)CC8)(c6ccc8c(c6)CC8)c6cc(C)ccc6-7)ccc54)ccc2-3)cc1. The number of nitrogens with zero attached hydrogens (tertiary/aromatic N) is 4. The maximum atomic E-state index is 2.56. The van der Waals surface area contributed by atoms with Crippen LogP contribution in [0, 0.1) is 55.4 Å². The first-order valence-electron chi connectivity index (χ1n) is 53.3. The van der Waals surface area contributed by atoms with Crippen LogP contribution in [0.3, 0.4) is 0 Å². The fourth-order valence-electron chi connectivity index (χ4n) is 25.9. The third-order valence-corrected chi connectivity index (χ3v) is 33.6. The molecule has 0 fully saturated rings. The summed E-state index contributed by atoms with van der Waals surface area (Å²) in [7, 11) is 0. The summed E-state index contributed by atoms with van der Waals surface area (Å²) in [6.45, 7) is 22.2. The summed E-state index contributed by atoms with van der Waals surface area (Å²) < 4.78 is 4.98. The molecule has 5 aliphatic rings. The zero-order valence-electron chi connectivity index (χ0n) is 85.8. The van der Waals surface area contributed by atoms with Crippen molar-refractivity contribution in [2.75, 3.05) is 9.80 Å². The van der Waals surface area contributed by atoms with E-state index in [0.717, 1.165) is 52.7 Å². The highest BCUT2D eigenvalue weighted by Crippen LogP contribution is 2.62. The van der Waals surface area contributed by atoms with Crippen LogP contribution in [-0.2, 0) is 41.9 Å². The zero-order valence-corrected chi connectivity index (χ0v) is 85.8. The Morgan fingerprint density at radius 2 is 0.503 bits per heavy atom. The average molecular weight is 1890 g/mol. The van der Waals surface area contributed by atoms with Gasteiger partial charge in [0, 0.05) is 72.5 Å². The second-order valence-electron chi connectivity index (χ2n) is 42.8. The molecule has 0 saturated heterocycles. The molecule has 0 radical (unpaired) electrons. The summed E-state index contributed by atoms with van der Waals surface area (Å²) in [5.74, 6) is 0. The Labute approximate surface area is 865 Å². The van der Waals surface area contributed by atoms with E-state index in [0.29, 0.717) is 0 Å². The second kappa shape index (κ2) is 36.1. The first kappa shape index (κ1) is 90.6. The maximum absolute atomic E-state index is 2.56. The number of hydrogen-bond acceptors (Lipinski definition) is 2. The number of aromatic nitrogens is 2. The van der Waals surface area contributed by atoms with Crippen LogP contribution in [-0.4, -0.2) is 9.13 Å². The van der Waals surface area contributed by atoms with E-state index in [1.165, 1.54) is 284 Å². The van der Waals surface area contributed by atoms with Gasteiger partial charge in [-0.2, -0.15) is 0 Å². The molecule has 27 rings (SSSR count). The maximum Gasteiger partial charge on any atom is 0.0715 e. The smallest absolute Gasteiger partial charge is 0.0715 e. The molecule has 0 spiro atoms. The number of anilines is 6. The average Bonchev–Trinajstić information content (AvgIpc) is 1.54. The molecular formula is C143H120N4. The number of aryl methyl sites for hydroxylation is 12. The second-order valence-corrected chi connectivity index (χ2v) is 42.8. The van der Waals surface area contributed by atoms with Gasteiger partial charge < -0.3 is 18.9 Å². The van der Waals surface area contributed by atoms with Crippen molar-refractivity contribution >= 4 is 77.7 Å². The Hall–Kier alpha value is -16.4. The molecule has 4 heteroatoms. The molecule has 0 atom stereocenters. The van der Waals surface area contributed by atoms with Gasteiger partial charge in [0.15, 0.2) is 0 Å². The Bertz CT molecular complexity index is 8780. The van der Waals surface area contributed by atoms with E-state index in [1.54, 1.807) is 5.56 Å². The third kappa shape index (κ3) is 15.0. The minimum atomic E-state index is -0.643. The molecule has 0 bridgehead atoms. The van der Waals surface area contributed by atoms with Crippen molar-refractivity contribution in [1.82, 2.24) is 9.13 Å². The standard InChI is InChI=1S/C82H62N2.C61H58N2/c1-51-15-31-65(32-16-51)83(66-33-17-52(2)18-34-66)67-35-39-71-72-40-36-68(50-78(72)81(77(71)49-67,61-11-7-5-8-12-61)62-13-9-6-10-14-62)84-79-41-20-53(3)43-73(79)74-47-59(28-42-80(74)84)60-27-38-70-69-37-19-54(4)44-75(69)82(76(70)48-60,63-29-25-55-21-23-57(55)45-63)64-30-26-56-22-24-58(56)46-64;1-7-9-35-61(36-10-8-2)57-38-44(6)15-31-53(57)54-32-21-48(40-58(54)61)47-22-34-60-56(39-47)55-37-43(5)16-33-59(55)63(60)52-29-19-46(20-30-52)45-17-27-51(28-18-45)62(49-23-11-41(3)12-24-49)50-25-13-42(4)14-26-50/h5-20,25-50H,21-24H2,1-4H3;11-34,37-40H,7-10,35-36H2,1-6H3. The zero-order chi connectivity index (χ0) is 99.2. The third-order valence-electron chi connectivity index (χ3n) is 33.6. The molecule has 0 saturated carbocycles. The summed E-state index contributed by atoms with van der Waals surface area (Å²) >= 11 is 0. The summed E-state index contributed by atoms with van der Waals surface area (Å²) in [6, 6.07) is 163. The first-order valence-corrected chi connectivity index (χ1v) is 53.3. The monoisotopic (exact) mass is 1890 g/mol. The number of unbranched alkanes of at least 4 members (excludes halogenated alkanes) is 2. The molecule has 2 aromatic heterocycles. The molecule has 4 nitrogen and oxygen atoms in total. The highest BCUT2D eigenvalue weighted by atomic mass is 15.1. The molecule has 0 unspecified atom stereocenters. The predicted molar refractivity (Wildman–Crippen MR) is 620 cm³/mol. The van der Waals surface area contributed by atoms with Crippen LogP contribution in [0.1, 0.15) is 175 Å². The normalized spacial score (nSPS) is 13.7. The van der Waals surface area contributed by atoms with Gasteiger partial charge in [-0.25, -0.2) is 0 Å². The van der Waals surface area contributed by atoms with E-state index in [2.05, 4.69) is 513 Å². The van der Waals surface area contributed by atoms with Crippen LogP contribution in [0.4, 0.5) is 34.1 Å². The van der Waals surface area contributed by atoms with Crippen LogP contribution < -0.4 is 9.80 Å². The van der Waals surface area contributed by atoms with Crippen molar-refractivity contribution in [2.45, 2.75) is 150 Å². The van der Waals surface area contributed by atoms with Gasteiger partial charge >= 0.3 is 0 Å². The van der Waals surface area contributed by atoms with Crippen LogP contribution in [0.15, 0.2) is 425 Å². The first-order chi connectivity index (χ1) is 72.0. The van der Waals surface area contributed by atoms with E-state index >= 15 is 0 Å². The van der Waals surface area contributed by atoms with Crippen LogP contribution in [0.2, 0.25) is 0 Å². The van der Waals surface area contributed by atoms with Gasteiger partial charge in [0.2, 0.25) is 0 Å².